The molecular formula is C14H11ClFNO3S. The molecule has 0 heterocycles. The van der Waals surface area contributed by atoms with E-state index in [9.17, 15) is 17.6 Å². The van der Waals surface area contributed by atoms with Gasteiger partial charge in [-0.15, -0.1) is 0 Å². The first-order valence-corrected chi connectivity index (χ1v) is 7.74. The third-order valence-electron chi connectivity index (χ3n) is 2.72. The smallest absolute Gasteiger partial charge is 0.262 e. The molecule has 0 amide bonds. The Bertz CT molecular complexity index is 806. The van der Waals surface area contributed by atoms with Crippen LogP contribution in [-0.4, -0.2) is 14.2 Å². The molecule has 7 heteroatoms. The molecule has 0 aliphatic carbocycles. The lowest BCUT2D eigenvalue weighted by Crippen LogP contribution is -2.14. The first-order chi connectivity index (χ1) is 9.79. The Balaban J connectivity index is 2.41. The highest BCUT2D eigenvalue weighted by Crippen LogP contribution is 2.23. The second kappa shape index (κ2) is 5.83. The third-order valence-corrected chi connectivity index (χ3v) is 4.32. The van der Waals surface area contributed by atoms with E-state index in [2.05, 4.69) is 4.72 Å². The van der Waals surface area contributed by atoms with Gasteiger partial charge in [0.1, 0.15) is 5.82 Å². The van der Waals surface area contributed by atoms with Crippen LogP contribution in [0.5, 0.6) is 0 Å². The Kier molecular flexibility index (Phi) is 4.29. The summed E-state index contributed by atoms with van der Waals surface area (Å²) in [4.78, 5) is 11.2. The number of anilines is 1. The summed E-state index contributed by atoms with van der Waals surface area (Å²) >= 11 is 5.71. The van der Waals surface area contributed by atoms with Crippen LogP contribution < -0.4 is 4.72 Å². The van der Waals surface area contributed by atoms with Crippen molar-refractivity contribution in [2.24, 2.45) is 0 Å². The van der Waals surface area contributed by atoms with Crippen molar-refractivity contribution in [2.75, 3.05) is 4.72 Å². The molecule has 2 aromatic carbocycles. The molecule has 2 aromatic rings. The van der Waals surface area contributed by atoms with Crippen LogP contribution in [0.25, 0.3) is 0 Å². The van der Waals surface area contributed by atoms with Crippen LogP contribution in [0.3, 0.4) is 0 Å². The van der Waals surface area contributed by atoms with Gasteiger partial charge in [0.15, 0.2) is 5.78 Å². The summed E-state index contributed by atoms with van der Waals surface area (Å²) in [5.74, 6) is -1.01. The molecular weight excluding hydrogens is 317 g/mol. The predicted octanol–water partition coefficient (Wildman–Crippen LogP) is 3.48. The molecule has 2 rings (SSSR count). The fraction of sp³-hybridized carbons (Fsp3) is 0.0714. The van der Waals surface area contributed by atoms with Crippen molar-refractivity contribution >= 4 is 33.1 Å². The summed E-state index contributed by atoms with van der Waals surface area (Å²) in [6, 6.07) is 9.03. The second-order valence-electron chi connectivity index (χ2n) is 4.31. The van der Waals surface area contributed by atoms with Gasteiger partial charge in [-0.2, -0.15) is 0 Å². The Morgan fingerprint density at radius 3 is 2.57 bits per heavy atom. The maximum absolute atomic E-state index is 13.6. The predicted molar refractivity (Wildman–Crippen MR) is 78.7 cm³/mol. The molecule has 4 nitrogen and oxygen atoms in total. The van der Waals surface area contributed by atoms with Gasteiger partial charge in [-0.1, -0.05) is 23.7 Å². The summed E-state index contributed by atoms with van der Waals surface area (Å²) in [5, 5.41) is 0.201. The van der Waals surface area contributed by atoms with Gasteiger partial charge in [0.25, 0.3) is 10.0 Å². The first kappa shape index (κ1) is 15.5. The van der Waals surface area contributed by atoms with Gasteiger partial charge in [0.05, 0.1) is 10.6 Å². The van der Waals surface area contributed by atoms with Gasteiger partial charge in [-0.3, -0.25) is 9.52 Å². The Hall–Kier alpha value is -1.92. The van der Waals surface area contributed by atoms with E-state index in [4.69, 9.17) is 11.6 Å². The summed E-state index contributed by atoms with van der Waals surface area (Å²) in [7, 11) is -4.01. The average Bonchev–Trinajstić information content (AvgIpc) is 2.43. The topological polar surface area (TPSA) is 63.2 Å². The number of nitrogens with one attached hydrogen (secondary N) is 1. The van der Waals surface area contributed by atoms with E-state index in [0.717, 1.165) is 6.07 Å². The summed E-state index contributed by atoms with van der Waals surface area (Å²) < 4.78 is 40.1. The van der Waals surface area contributed by atoms with Gasteiger partial charge in [0.2, 0.25) is 0 Å². The highest BCUT2D eigenvalue weighted by Gasteiger charge is 2.17. The van der Waals surface area contributed by atoms with Crippen molar-refractivity contribution in [1.29, 1.82) is 0 Å². The second-order valence-corrected chi connectivity index (χ2v) is 6.43. The molecule has 0 saturated heterocycles. The molecule has 0 atom stereocenters. The number of carbonyl (C=O) groups excluding carboxylic acids is 1. The fourth-order valence-electron chi connectivity index (χ4n) is 1.66. The molecule has 21 heavy (non-hydrogen) atoms. The average molecular weight is 328 g/mol. The van der Waals surface area contributed by atoms with Crippen LogP contribution in [-0.2, 0) is 10.0 Å². The van der Waals surface area contributed by atoms with Crippen molar-refractivity contribution in [3.8, 4) is 0 Å². The minimum atomic E-state index is -4.01. The fourth-order valence-corrected chi connectivity index (χ4v) is 2.94. The molecule has 0 aromatic heterocycles. The third kappa shape index (κ3) is 3.59. The highest BCUT2D eigenvalue weighted by atomic mass is 35.5. The zero-order valence-corrected chi connectivity index (χ0v) is 12.5. The van der Waals surface area contributed by atoms with Crippen LogP contribution in [0.4, 0.5) is 10.1 Å². The van der Waals surface area contributed by atoms with Crippen molar-refractivity contribution in [2.45, 2.75) is 11.8 Å². The summed E-state index contributed by atoms with van der Waals surface area (Å²) in [6.07, 6.45) is 0. The molecule has 0 spiro atoms. The molecule has 0 fully saturated rings. The van der Waals surface area contributed by atoms with E-state index in [1.165, 1.54) is 43.3 Å². The number of carbonyl (C=O) groups is 1. The Morgan fingerprint density at radius 1 is 1.19 bits per heavy atom. The number of Topliss-reactive ketones (excluding diaryl/α,β-unsaturated/α-hetero) is 1. The lowest BCUT2D eigenvalue weighted by molar-refractivity contribution is 0.101. The molecule has 0 bridgehead atoms. The van der Waals surface area contributed by atoms with Crippen molar-refractivity contribution in [3.63, 3.8) is 0 Å². The molecule has 0 aliphatic rings. The van der Waals surface area contributed by atoms with Gasteiger partial charge < -0.3 is 0 Å². The van der Waals surface area contributed by atoms with Crippen molar-refractivity contribution in [1.82, 2.24) is 0 Å². The number of ketones is 1. The molecule has 0 unspecified atom stereocenters. The van der Waals surface area contributed by atoms with Gasteiger partial charge in [0, 0.05) is 10.6 Å². The lowest BCUT2D eigenvalue weighted by Gasteiger charge is -2.10. The quantitative estimate of drug-likeness (QED) is 0.874. The molecule has 110 valence electrons. The van der Waals surface area contributed by atoms with Crippen molar-refractivity contribution < 1.29 is 17.6 Å². The molecule has 0 saturated carbocycles. The molecule has 0 radical (unpaired) electrons. The number of hydrogen-bond donors (Lipinski definition) is 1. The van der Waals surface area contributed by atoms with E-state index in [1.54, 1.807) is 0 Å². The van der Waals surface area contributed by atoms with E-state index in [1.807, 2.05) is 0 Å². The van der Waals surface area contributed by atoms with Crippen LogP contribution in [0.2, 0.25) is 5.02 Å². The van der Waals surface area contributed by atoms with Crippen LogP contribution >= 0.6 is 11.6 Å². The van der Waals surface area contributed by atoms with Crippen LogP contribution in [0.15, 0.2) is 47.4 Å². The maximum atomic E-state index is 13.6. The lowest BCUT2D eigenvalue weighted by atomic mass is 10.2. The largest absolute Gasteiger partial charge is 0.295 e. The Labute approximate surface area is 126 Å². The number of hydrogen-bond acceptors (Lipinski definition) is 3. The normalized spacial score (nSPS) is 11.2. The van der Waals surface area contributed by atoms with Gasteiger partial charge >= 0.3 is 0 Å². The minimum Gasteiger partial charge on any atom is -0.295 e. The SMILES string of the molecule is CC(=O)c1cccc(S(=O)(=O)Nc2cc(Cl)ccc2F)c1. The highest BCUT2D eigenvalue weighted by molar-refractivity contribution is 7.92. The number of benzene rings is 2. The van der Waals surface area contributed by atoms with Crippen LogP contribution in [0.1, 0.15) is 17.3 Å². The van der Waals surface area contributed by atoms with E-state index >= 15 is 0 Å². The Morgan fingerprint density at radius 2 is 1.90 bits per heavy atom. The van der Waals surface area contributed by atoms with E-state index in [0.29, 0.717) is 0 Å². The maximum Gasteiger partial charge on any atom is 0.262 e. The zero-order chi connectivity index (χ0) is 15.6. The van der Waals surface area contributed by atoms with E-state index in [-0.39, 0.29) is 27.0 Å². The van der Waals surface area contributed by atoms with Gasteiger partial charge in [-0.05, 0) is 37.3 Å². The number of halogens is 2. The first-order valence-electron chi connectivity index (χ1n) is 5.88. The number of sulfonamides is 1. The minimum absolute atomic E-state index is 0.130. The monoisotopic (exact) mass is 327 g/mol. The van der Waals surface area contributed by atoms with Gasteiger partial charge in [-0.25, -0.2) is 12.8 Å². The van der Waals surface area contributed by atoms with Crippen LogP contribution in [0, 0.1) is 5.82 Å². The van der Waals surface area contributed by atoms with Crippen molar-refractivity contribution in [3.05, 3.63) is 58.9 Å². The van der Waals surface area contributed by atoms with E-state index < -0.39 is 15.8 Å². The molecule has 0 aliphatic heterocycles. The summed E-state index contributed by atoms with van der Waals surface area (Å²) in [5.41, 5.74) is 0.000157. The summed E-state index contributed by atoms with van der Waals surface area (Å²) in [6.45, 7) is 1.33. The molecule has 1 N–H and O–H groups in total. The zero-order valence-electron chi connectivity index (χ0n) is 10.9. The number of rotatable bonds is 4. The standard InChI is InChI=1S/C14H11ClFNO3S/c1-9(18)10-3-2-4-12(7-10)21(19,20)17-14-8-11(15)5-6-13(14)16/h2-8,17H,1H3.